The van der Waals surface area contributed by atoms with E-state index < -0.39 is 0 Å². The third kappa shape index (κ3) is 5.66. The number of benzene rings is 3. The van der Waals surface area contributed by atoms with E-state index >= 15 is 0 Å². The summed E-state index contributed by atoms with van der Waals surface area (Å²) in [5, 5.41) is 9.73. The number of ketones is 3. The quantitative estimate of drug-likeness (QED) is 0.334. The van der Waals surface area contributed by atoms with Gasteiger partial charge < -0.3 is 14.6 Å². The van der Waals surface area contributed by atoms with Crippen molar-refractivity contribution in [2.24, 2.45) is 7.05 Å². The molecule has 1 N–H and O–H groups in total. The zero-order valence-electron chi connectivity index (χ0n) is 21.3. The van der Waals surface area contributed by atoms with Crippen molar-refractivity contribution in [2.75, 3.05) is 18.0 Å². The van der Waals surface area contributed by atoms with Crippen LogP contribution in [0.3, 0.4) is 0 Å². The average Bonchev–Trinajstić information content (AvgIpc) is 3.57. The molecule has 0 amide bonds. The summed E-state index contributed by atoms with van der Waals surface area (Å²) in [6.07, 6.45) is 2.84. The van der Waals surface area contributed by atoms with Crippen LogP contribution >= 0.6 is 0 Å². The van der Waals surface area contributed by atoms with Gasteiger partial charge in [0.25, 0.3) is 0 Å². The highest BCUT2D eigenvalue weighted by atomic mass is 16.3. The Morgan fingerprint density at radius 2 is 1.32 bits per heavy atom. The number of nitrogens with zero attached hydrogens (tertiary/aromatic N) is 2. The summed E-state index contributed by atoms with van der Waals surface area (Å²) in [4.78, 5) is 40.4. The number of hydrogen-bond acceptors (Lipinski definition) is 5. The van der Waals surface area contributed by atoms with Gasteiger partial charge in [0.15, 0.2) is 17.3 Å². The zero-order chi connectivity index (χ0) is 26.6. The van der Waals surface area contributed by atoms with Crippen molar-refractivity contribution in [1.82, 2.24) is 4.57 Å². The van der Waals surface area contributed by atoms with Crippen molar-refractivity contribution < 1.29 is 19.5 Å². The molecular weight excluding hydrogens is 476 g/mol. The van der Waals surface area contributed by atoms with E-state index in [2.05, 4.69) is 4.90 Å². The molecule has 5 rings (SSSR count). The highest BCUT2D eigenvalue weighted by Crippen LogP contribution is 2.22. The lowest BCUT2D eigenvalue weighted by Crippen LogP contribution is -2.21. The van der Waals surface area contributed by atoms with Gasteiger partial charge >= 0.3 is 0 Å². The van der Waals surface area contributed by atoms with Crippen LogP contribution in [0.1, 0.15) is 54.3 Å². The van der Waals surface area contributed by atoms with Crippen LogP contribution in [0.25, 0.3) is 0 Å². The Morgan fingerprint density at radius 1 is 0.763 bits per heavy atom. The summed E-state index contributed by atoms with van der Waals surface area (Å²) in [6.45, 7) is 1.44. The van der Waals surface area contributed by atoms with Gasteiger partial charge in [-0.3, -0.25) is 14.4 Å². The molecule has 1 saturated heterocycles. The van der Waals surface area contributed by atoms with Gasteiger partial charge in [-0.2, -0.15) is 0 Å². The molecule has 1 atom stereocenters. The lowest BCUT2D eigenvalue weighted by Gasteiger charge is -2.17. The van der Waals surface area contributed by atoms with Gasteiger partial charge in [0.2, 0.25) is 0 Å². The molecule has 0 radical (unpaired) electrons. The third-order valence-corrected chi connectivity index (χ3v) is 7.11. The van der Waals surface area contributed by atoms with E-state index in [9.17, 15) is 19.5 Å². The molecule has 38 heavy (non-hydrogen) atoms. The molecule has 1 aliphatic rings. The first-order chi connectivity index (χ1) is 18.4. The Labute approximate surface area is 222 Å². The lowest BCUT2D eigenvalue weighted by atomic mass is 9.97. The molecule has 4 aromatic rings. The number of Topliss-reactive ketones (excluding diaryl/α,β-unsaturated/α-hetero) is 2. The molecule has 0 saturated carbocycles. The standard InChI is InChI=1S/C32H30N2O4/c1-33-17-2-3-29(33)31(37)20-23-6-10-26(11-7-23)32(38)25-8-4-22(5-9-25)19-30(36)24-12-14-27(15-13-24)34-18-16-28(35)21-34/h2-15,17,28,35H,16,18-21H2,1H3. The number of aromatic nitrogens is 1. The van der Waals surface area contributed by atoms with E-state index in [-0.39, 0.29) is 36.3 Å². The predicted octanol–water partition coefficient (Wildman–Crippen LogP) is 4.68. The normalized spacial score (nSPS) is 15.0. The number of aryl methyl sites for hydroxylation is 1. The van der Waals surface area contributed by atoms with Crippen LogP contribution in [0, 0.1) is 0 Å². The topological polar surface area (TPSA) is 79.6 Å². The summed E-state index contributed by atoms with van der Waals surface area (Å²) in [7, 11) is 1.84. The first-order valence-corrected chi connectivity index (χ1v) is 12.8. The van der Waals surface area contributed by atoms with Crippen molar-refractivity contribution >= 4 is 23.0 Å². The minimum atomic E-state index is -0.291. The second kappa shape index (κ2) is 11.0. The maximum atomic E-state index is 13.0. The average molecular weight is 507 g/mol. The fourth-order valence-corrected chi connectivity index (χ4v) is 4.86. The van der Waals surface area contributed by atoms with Crippen LogP contribution in [-0.4, -0.2) is 46.2 Å². The fraction of sp³-hybridized carbons (Fsp3) is 0.219. The molecule has 6 nitrogen and oxygen atoms in total. The Hall–Kier alpha value is -4.29. The van der Waals surface area contributed by atoms with Crippen LogP contribution in [0.5, 0.6) is 0 Å². The van der Waals surface area contributed by atoms with E-state index in [4.69, 9.17) is 0 Å². The van der Waals surface area contributed by atoms with Crippen LogP contribution < -0.4 is 4.90 Å². The van der Waals surface area contributed by atoms with Gasteiger partial charge in [0.05, 0.1) is 11.8 Å². The Kier molecular flexibility index (Phi) is 7.33. The van der Waals surface area contributed by atoms with Gasteiger partial charge in [-0.1, -0.05) is 48.5 Å². The molecule has 0 spiro atoms. The van der Waals surface area contributed by atoms with Gasteiger partial charge in [0.1, 0.15) is 0 Å². The summed E-state index contributed by atoms with van der Waals surface area (Å²) < 4.78 is 1.80. The minimum Gasteiger partial charge on any atom is -0.391 e. The third-order valence-electron chi connectivity index (χ3n) is 7.11. The number of hydrogen-bond donors (Lipinski definition) is 1. The number of rotatable bonds is 9. The van der Waals surface area contributed by atoms with E-state index in [1.807, 2.05) is 67.8 Å². The van der Waals surface area contributed by atoms with Gasteiger partial charge in [-0.25, -0.2) is 0 Å². The molecule has 192 valence electrons. The molecule has 1 unspecified atom stereocenters. The number of aliphatic hydroxyl groups is 1. The first kappa shape index (κ1) is 25.4. The molecule has 0 aliphatic carbocycles. The molecule has 1 aliphatic heterocycles. The van der Waals surface area contributed by atoms with Gasteiger partial charge in [-0.15, -0.1) is 0 Å². The smallest absolute Gasteiger partial charge is 0.193 e. The minimum absolute atomic E-state index is 0.0116. The molecule has 1 aromatic heterocycles. The molecule has 3 aromatic carbocycles. The number of aliphatic hydroxyl groups excluding tert-OH is 1. The van der Waals surface area contributed by atoms with Crippen molar-refractivity contribution in [2.45, 2.75) is 25.4 Å². The Balaban J connectivity index is 1.18. The van der Waals surface area contributed by atoms with Crippen molar-refractivity contribution in [3.63, 3.8) is 0 Å². The zero-order valence-corrected chi connectivity index (χ0v) is 21.3. The molecule has 1 fully saturated rings. The van der Waals surface area contributed by atoms with Gasteiger partial charge in [-0.05, 0) is 53.9 Å². The lowest BCUT2D eigenvalue weighted by molar-refractivity contribution is 0.0980. The van der Waals surface area contributed by atoms with E-state index in [0.717, 1.165) is 29.8 Å². The van der Waals surface area contributed by atoms with Crippen LogP contribution in [0.4, 0.5) is 5.69 Å². The number of carbonyl (C=O) groups excluding carboxylic acids is 3. The van der Waals surface area contributed by atoms with Crippen molar-refractivity contribution in [3.05, 3.63) is 125 Å². The largest absolute Gasteiger partial charge is 0.391 e. The molecule has 2 heterocycles. The maximum Gasteiger partial charge on any atom is 0.193 e. The van der Waals surface area contributed by atoms with Crippen LogP contribution in [-0.2, 0) is 19.9 Å². The van der Waals surface area contributed by atoms with Crippen molar-refractivity contribution in [3.8, 4) is 0 Å². The van der Waals surface area contributed by atoms with E-state index in [1.165, 1.54) is 0 Å². The summed E-state index contributed by atoms with van der Waals surface area (Å²) in [5.41, 5.74) is 5.10. The SMILES string of the molecule is Cn1cccc1C(=O)Cc1ccc(C(=O)c2ccc(CC(=O)c3ccc(N4CCC(O)C4)cc3)cc2)cc1. The molecule has 6 heteroatoms. The monoisotopic (exact) mass is 506 g/mol. The van der Waals surface area contributed by atoms with E-state index in [1.54, 1.807) is 34.9 Å². The summed E-state index contributed by atoms with van der Waals surface area (Å²) in [5.74, 6) is -0.0625. The highest BCUT2D eigenvalue weighted by Gasteiger charge is 2.20. The van der Waals surface area contributed by atoms with Gasteiger partial charge in [0, 0.05) is 61.6 Å². The maximum absolute atomic E-state index is 13.0. The Bertz CT molecular complexity index is 1450. The second-order valence-corrected chi connectivity index (χ2v) is 9.86. The van der Waals surface area contributed by atoms with E-state index in [0.29, 0.717) is 28.9 Å². The predicted molar refractivity (Wildman–Crippen MR) is 147 cm³/mol. The van der Waals surface area contributed by atoms with Crippen LogP contribution in [0.2, 0.25) is 0 Å². The molecule has 0 bridgehead atoms. The second-order valence-electron chi connectivity index (χ2n) is 9.86. The number of β-amino-alcohol motifs (C(OH)–C–C–N with tert-alkyl or cyclic N) is 1. The Morgan fingerprint density at radius 3 is 1.82 bits per heavy atom. The molecular formula is C32H30N2O4. The number of anilines is 1. The first-order valence-electron chi connectivity index (χ1n) is 12.8. The summed E-state index contributed by atoms with van der Waals surface area (Å²) >= 11 is 0. The van der Waals surface area contributed by atoms with Crippen molar-refractivity contribution in [1.29, 1.82) is 0 Å². The van der Waals surface area contributed by atoms with Crippen LogP contribution in [0.15, 0.2) is 91.1 Å². The highest BCUT2D eigenvalue weighted by molar-refractivity contribution is 6.09. The summed E-state index contributed by atoms with van der Waals surface area (Å²) in [6, 6.07) is 25.4. The fourth-order valence-electron chi connectivity index (χ4n) is 4.86. The number of carbonyl (C=O) groups is 3.